The van der Waals surface area contributed by atoms with Gasteiger partial charge in [-0.05, 0) is 51.0 Å². The number of benzene rings is 1. The van der Waals surface area contributed by atoms with Gasteiger partial charge in [-0.15, -0.1) is 0 Å². The predicted octanol–water partition coefficient (Wildman–Crippen LogP) is 2.55. The van der Waals surface area contributed by atoms with E-state index in [4.69, 9.17) is 0 Å². The molecule has 5 heteroatoms. The van der Waals surface area contributed by atoms with Crippen LogP contribution in [0.15, 0.2) is 24.3 Å². The van der Waals surface area contributed by atoms with Gasteiger partial charge >= 0.3 is 0 Å². The molecule has 0 heterocycles. The molecule has 1 aliphatic carbocycles. The van der Waals surface area contributed by atoms with Crippen LogP contribution in [-0.2, 0) is 9.59 Å². The number of nitrogens with zero attached hydrogens (tertiary/aromatic N) is 2. The van der Waals surface area contributed by atoms with Crippen LogP contribution in [0.25, 0.3) is 0 Å². The van der Waals surface area contributed by atoms with E-state index in [0.717, 1.165) is 37.3 Å². The Labute approximate surface area is 138 Å². The third-order valence-corrected chi connectivity index (χ3v) is 4.18. The van der Waals surface area contributed by atoms with Crippen LogP contribution in [-0.4, -0.2) is 37.5 Å². The fourth-order valence-corrected chi connectivity index (χ4v) is 2.64. The molecule has 0 spiro atoms. The van der Waals surface area contributed by atoms with Gasteiger partial charge in [0.25, 0.3) is 0 Å². The molecule has 0 bridgehead atoms. The Morgan fingerprint density at radius 2 is 1.65 bits per heavy atom. The molecule has 1 aliphatic rings. The summed E-state index contributed by atoms with van der Waals surface area (Å²) in [5, 5.41) is 2.96. The van der Waals surface area contributed by atoms with E-state index in [9.17, 15) is 9.59 Å². The third kappa shape index (κ3) is 4.98. The third-order valence-electron chi connectivity index (χ3n) is 4.18. The summed E-state index contributed by atoms with van der Waals surface area (Å²) in [5.41, 5.74) is 1.99. The van der Waals surface area contributed by atoms with Gasteiger partial charge in [-0.2, -0.15) is 0 Å². The molecule has 0 aromatic heterocycles. The van der Waals surface area contributed by atoms with Gasteiger partial charge in [-0.25, -0.2) is 0 Å². The Morgan fingerprint density at radius 1 is 1.09 bits per heavy atom. The van der Waals surface area contributed by atoms with Crippen molar-refractivity contribution in [2.24, 2.45) is 0 Å². The predicted molar refractivity (Wildman–Crippen MR) is 93.8 cm³/mol. The molecule has 126 valence electrons. The van der Waals surface area contributed by atoms with Crippen molar-refractivity contribution in [1.82, 2.24) is 5.32 Å². The number of rotatable bonds is 8. The lowest BCUT2D eigenvalue weighted by Crippen LogP contribution is -2.34. The first-order valence-electron chi connectivity index (χ1n) is 8.47. The lowest BCUT2D eigenvalue weighted by atomic mass is 10.2. The van der Waals surface area contributed by atoms with Gasteiger partial charge in [0.1, 0.15) is 0 Å². The highest BCUT2D eigenvalue weighted by molar-refractivity contribution is 5.92. The van der Waals surface area contributed by atoms with Crippen molar-refractivity contribution in [2.75, 3.05) is 29.4 Å². The van der Waals surface area contributed by atoms with Crippen molar-refractivity contribution in [3.05, 3.63) is 24.3 Å². The van der Waals surface area contributed by atoms with Gasteiger partial charge in [0.05, 0.1) is 0 Å². The lowest BCUT2D eigenvalue weighted by molar-refractivity contribution is -0.121. The molecule has 5 nitrogen and oxygen atoms in total. The molecule has 1 aromatic carbocycles. The minimum atomic E-state index is -0.0418. The van der Waals surface area contributed by atoms with Crippen LogP contribution in [0.2, 0.25) is 0 Å². The molecule has 1 N–H and O–H groups in total. The average molecular weight is 317 g/mol. The average Bonchev–Trinajstić information content (AvgIpc) is 3.33. The molecule has 2 rings (SSSR count). The van der Waals surface area contributed by atoms with Crippen LogP contribution in [0.5, 0.6) is 0 Å². The number of nitrogens with one attached hydrogen (secondary N) is 1. The normalized spacial score (nSPS) is 13.5. The molecule has 0 aliphatic heterocycles. The summed E-state index contributed by atoms with van der Waals surface area (Å²) in [4.78, 5) is 27.6. The second-order valence-corrected chi connectivity index (χ2v) is 5.95. The quantitative estimate of drug-likeness (QED) is 0.802. The van der Waals surface area contributed by atoms with E-state index in [-0.39, 0.29) is 11.8 Å². The Hall–Kier alpha value is -2.04. The van der Waals surface area contributed by atoms with E-state index in [0.29, 0.717) is 19.0 Å². The summed E-state index contributed by atoms with van der Waals surface area (Å²) in [7, 11) is 0. The van der Waals surface area contributed by atoms with E-state index >= 15 is 0 Å². The van der Waals surface area contributed by atoms with Crippen LogP contribution >= 0.6 is 0 Å². The maximum Gasteiger partial charge on any atom is 0.223 e. The molecule has 1 aromatic rings. The first kappa shape index (κ1) is 17.3. The van der Waals surface area contributed by atoms with Crippen LogP contribution < -0.4 is 15.1 Å². The van der Waals surface area contributed by atoms with E-state index in [1.54, 1.807) is 4.90 Å². The SMILES string of the molecule is CCN(CC)c1ccc(N(CCC(=O)NC2CC2)C(C)=O)cc1. The van der Waals surface area contributed by atoms with Gasteiger partial charge < -0.3 is 15.1 Å². The van der Waals surface area contributed by atoms with Crippen LogP contribution in [0.1, 0.15) is 40.0 Å². The highest BCUT2D eigenvalue weighted by Crippen LogP contribution is 2.22. The largest absolute Gasteiger partial charge is 0.372 e. The number of amides is 2. The van der Waals surface area contributed by atoms with Crippen molar-refractivity contribution in [1.29, 1.82) is 0 Å². The van der Waals surface area contributed by atoms with Gasteiger partial charge in [-0.3, -0.25) is 9.59 Å². The van der Waals surface area contributed by atoms with Crippen LogP contribution in [0, 0.1) is 0 Å². The number of anilines is 2. The topological polar surface area (TPSA) is 52.6 Å². The minimum absolute atomic E-state index is 0.0264. The van der Waals surface area contributed by atoms with Crippen LogP contribution in [0.3, 0.4) is 0 Å². The summed E-state index contributed by atoms with van der Waals surface area (Å²) in [5.74, 6) is -0.0154. The molecule has 0 radical (unpaired) electrons. The fourth-order valence-electron chi connectivity index (χ4n) is 2.64. The Bertz CT molecular complexity index is 534. The van der Waals surface area contributed by atoms with Gasteiger partial charge in [0.15, 0.2) is 0 Å². The maximum atomic E-state index is 11.9. The molecule has 0 unspecified atom stereocenters. The first-order valence-corrected chi connectivity index (χ1v) is 8.47. The zero-order valence-corrected chi connectivity index (χ0v) is 14.3. The van der Waals surface area contributed by atoms with E-state index in [1.807, 2.05) is 24.3 Å². The molecule has 0 atom stereocenters. The maximum absolute atomic E-state index is 11.9. The van der Waals surface area contributed by atoms with Crippen molar-refractivity contribution < 1.29 is 9.59 Å². The highest BCUT2D eigenvalue weighted by Gasteiger charge is 2.23. The molecule has 0 saturated heterocycles. The Balaban J connectivity index is 1.98. The minimum Gasteiger partial charge on any atom is -0.372 e. The van der Waals surface area contributed by atoms with Crippen molar-refractivity contribution >= 4 is 23.2 Å². The highest BCUT2D eigenvalue weighted by atomic mass is 16.2. The number of hydrogen-bond acceptors (Lipinski definition) is 3. The zero-order chi connectivity index (χ0) is 16.8. The van der Waals surface area contributed by atoms with Crippen LogP contribution in [0.4, 0.5) is 11.4 Å². The summed E-state index contributed by atoms with van der Waals surface area (Å²) < 4.78 is 0. The summed E-state index contributed by atoms with van der Waals surface area (Å²) in [6, 6.07) is 8.33. The van der Waals surface area contributed by atoms with Gasteiger partial charge in [0.2, 0.25) is 11.8 Å². The Morgan fingerprint density at radius 3 is 2.13 bits per heavy atom. The number of carbonyl (C=O) groups is 2. The second-order valence-electron chi connectivity index (χ2n) is 5.95. The van der Waals surface area contributed by atoms with Gasteiger partial charge in [0, 0.05) is 50.4 Å². The molecule has 1 fully saturated rings. The first-order chi connectivity index (χ1) is 11.0. The summed E-state index contributed by atoms with van der Waals surface area (Å²) in [6.45, 7) is 8.10. The van der Waals surface area contributed by atoms with Crippen molar-refractivity contribution in [2.45, 2.75) is 46.1 Å². The summed E-state index contributed by atoms with van der Waals surface area (Å²) in [6.07, 6.45) is 2.50. The molecular formula is C18H27N3O2. The van der Waals surface area contributed by atoms with E-state index in [1.165, 1.54) is 6.92 Å². The molecule has 1 saturated carbocycles. The zero-order valence-electron chi connectivity index (χ0n) is 14.3. The Kier molecular flexibility index (Phi) is 6.02. The second kappa shape index (κ2) is 7.99. The van der Waals surface area contributed by atoms with Gasteiger partial charge in [-0.1, -0.05) is 0 Å². The van der Waals surface area contributed by atoms with Crippen molar-refractivity contribution in [3.8, 4) is 0 Å². The monoisotopic (exact) mass is 317 g/mol. The fraction of sp³-hybridized carbons (Fsp3) is 0.556. The lowest BCUT2D eigenvalue weighted by Gasteiger charge is -2.24. The number of carbonyl (C=O) groups excluding carboxylic acids is 2. The number of hydrogen-bond donors (Lipinski definition) is 1. The van der Waals surface area contributed by atoms with E-state index < -0.39 is 0 Å². The molecule has 23 heavy (non-hydrogen) atoms. The molecular weight excluding hydrogens is 290 g/mol. The van der Waals surface area contributed by atoms with Crippen molar-refractivity contribution in [3.63, 3.8) is 0 Å². The smallest absolute Gasteiger partial charge is 0.223 e. The molecule has 2 amide bonds. The summed E-state index contributed by atoms with van der Waals surface area (Å²) >= 11 is 0. The van der Waals surface area contributed by atoms with E-state index in [2.05, 4.69) is 24.1 Å². The standard InChI is InChI=1S/C18H27N3O2/c1-4-20(5-2)16-8-10-17(11-9-16)21(14(3)22)13-12-18(23)19-15-6-7-15/h8-11,15H,4-7,12-13H2,1-3H3,(H,19,23).